The van der Waals surface area contributed by atoms with Crippen molar-refractivity contribution in [1.82, 2.24) is 9.88 Å². The second-order valence-corrected chi connectivity index (χ2v) is 4.55. The first-order valence-corrected chi connectivity index (χ1v) is 6.24. The van der Waals surface area contributed by atoms with Crippen LogP contribution in [0.3, 0.4) is 0 Å². The number of anilines is 1. The molecule has 0 amide bonds. The van der Waals surface area contributed by atoms with Crippen molar-refractivity contribution in [2.24, 2.45) is 0 Å². The molecule has 0 aromatic carbocycles. The lowest BCUT2D eigenvalue weighted by molar-refractivity contribution is 0.200. The molecule has 0 spiro atoms. The molecule has 0 bridgehead atoms. The van der Waals surface area contributed by atoms with Gasteiger partial charge in [-0.1, -0.05) is 25.8 Å². The Morgan fingerprint density at radius 3 is 2.81 bits per heavy atom. The van der Waals surface area contributed by atoms with Crippen LogP contribution in [0, 0.1) is 0 Å². The van der Waals surface area contributed by atoms with Gasteiger partial charge in [-0.05, 0) is 25.5 Å². The maximum atomic E-state index is 5.88. The number of nitrogens with two attached hydrogens (primary N) is 1. The second-order valence-electron chi connectivity index (χ2n) is 4.55. The third-order valence-electron chi connectivity index (χ3n) is 3.55. The van der Waals surface area contributed by atoms with Crippen LogP contribution in [0.4, 0.5) is 5.82 Å². The number of hydrogen-bond donors (Lipinski definition) is 1. The summed E-state index contributed by atoms with van der Waals surface area (Å²) in [6.45, 7) is 4.27. The molecule has 1 saturated carbocycles. The monoisotopic (exact) mass is 219 g/mol. The lowest BCUT2D eigenvalue weighted by atomic mass is 10.1. The molecule has 3 heteroatoms. The van der Waals surface area contributed by atoms with Gasteiger partial charge in [-0.3, -0.25) is 4.90 Å². The zero-order valence-electron chi connectivity index (χ0n) is 10.0. The Balaban J connectivity index is 2.03. The molecule has 0 saturated heterocycles. The van der Waals surface area contributed by atoms with Gasteiger partial charge in [0.25, 0.3) is 0 Å². The molecule has 88 valence electrons. The van der Waals surface area contributed by atoms with Crippen LogP contribution >= 0.6 is 0 Å². The third-order valence-corrected chi connectivity index (χ3v) is 3.55. The molecule has 16 heavy (non-hydrogen) atoms. The van der Waals surface area contributed by atoms with E-state index in [1.807, 2.05) is 6.07 Å². The van der Waals surface area contributed by atoms with Gasteiger partial charge in [0.1, 0.15) is 5.82 Å². The maximum Gasteiger partial charge on any atom is 0.127 e. The topological polar surface area (TPSA) is 42.2 Å². The van der Waals surface area contributed by atoms with Crippen LogP contribution in [0.1, 0.15) is 38.2 Å². The molecule has 0 radical (unpaired) electrons. The Morgan fingerprint density at radius 2 is 2.19 bits per heavy atom. The van der Waals surface area contributed by atoms with Gasteiger partial charge in [0, 0.05) is 24.3 Å². The Labute approximate surface area is 97.7 Å². The van der Waals surface area contributed by atoms with Gasteiger partial charge in [0.15, 0.2) is 0 Å². The molecule has 1 aromatic rings. The highest BCUT2D eigenvalue weighted by Crippen LogP contribution is 2.25. The number of nitrogen functional groups attached to an aromatic ring is 1. The van der Waals surface area contributed by atoms with Crippen molar-refractivity contribution in [1.29, 1.82) is 0 Å². The van der Waals surface area contributed by atoms with E-state index in [1.54, 1.807) is 6.20 Å². The highest BCUT2D eigenvalue weighted by Gasteiger charge is 2.21. The lowest BCUT2D eigenvalue weighted by Gasteiger charge is -2.27. The Bertz CT molecular complexity index is 332. The fourth-order valence-electron chi connectivity index (χ4n) is 2.57. The minimum atomic E-state index is 0.680. The molecule has 0 atom stereocenters. The van der Waals surface area contributed by atoms with Crippen LogP contribution in [-0.4, -0.2) is 22.5 Å². The smallest absolute Gasteiger partial charge is 0.127 e. The van der Waals surface area contributed by atoms with Crippen LogP contribution in [0.25, 0.3) is 0 Å². The molecule has 2 rings (SSSR count). The van der Waals surface area contributed by atoms with Crippen molar-refractivity contribution < 1.29 is 0 Å². The minimum absolute atomic E-state index is 0.680. The summed E-state index contributed by atoms with van der Waals surface area (Å²) in [4.78, 5) is 6.67. The summed E-state index contributed by atoms with van der Waals surface area (Å²) in [7, 11) is 0. The van der Waals surface area contributed by atoms with Gasteiger partial charge in [0.2, 0.25) is 0 Å². The summed E-state index contributed by atoms with van der Waals surface area (Å²) in [6, 6.07) is 4.80. The number of hydrogen-bond acceptors (Lipinski definition) is 3. The first kappa shape index (κ1) is 11.4. The van der Waals surface area contributed by atoms with E-state index >= 15 is 0 Å². The van der Waals surface area contributed by atoms with Crippen molar-refractivity contribution in [3.63, 3.8) is 0 Å². The van der Waals surface area contributed by atoms with E-state index in [-0.39, 0.29) is 0 Å². The number of nitrogens with zero attached hydrogens (tertiary/aromatic N) is 2. The van der Waals surface area contributed by atoms with E-state index in [0.29, 0.717) is 5.82 Å². The average Bonchev–Trinajstić information content (AvgIpc) is 2.81. The molecule has 1 fully saturated rings. The van der Waals surface area contributed by atoms with Gasteiger partial charge in [0.05, 0.1) is 0 Å². The van der Waals surface area contributed by atoms with E-state index < -0.39 is 0 Å². The van der Waals surface area contributed by atoms with Gasteiger partial charge >= 0.3 is 0 Å². The predicted octanol–water partition coefficient (Wildman–Crippen LogP) is 2.43. The molecular formula is C13H21N3. The summed E-state index contributed by atoms with van der Waals surface area (Å²) >= 11 is 0. The standard InChI is InChI=1S/C13H21N3/c1-2-16(12-7-3-4-8-12)10-11-6-5-9-15-13(11)14/h5-6,9,12H,2-4,7-8,10H2,1H3,(H2,14,15). The second kappa shape index (κ2) is 5.30. The van der Waals surface area contributed by atoms with Gasteiger partial charge in [-0.25, -0.2) is 4.98 Å². The van der Waals surface area contributed by atoms with Gasteiger partial charge < -0.3 is 5.73 Å². The van der Waals surface area contributed by atoms with Crippen molar-refractivity contribution in [2.45, 2.75) is 45.2 Å². The normalized spacial score (nSPS) is 17.1. The Kier molecular flexibility index (Phi) is 3.78. The fraction of sp³-hybridized carbons (Fsp3) is 0.615. The molecular weight excluding hydrogens is 198 g/mol. The van der Waals surface area contributed by atoms with Crippen molar-refractivity contribution in [2.75, 3.05) is 12.3 Å². The van der Waals surface area contributed by atoms with Crippen molar-refractivity contribution >= 4 is 5.82 Å². The molecule has 1 aliphatic rings. The maximum absolute atomic E-state index is 5.88. The number of aromatic nitrogens is 1. The van der Waals surface area contributed by atoms with Crippen molar-refractivity contribution in [3.05, 3.63) is 23.9 Å². The summed E-state index contributed by atoms with van der Waals surface area (Å²) in [6.07, 6.45) is 7.19. The zero-order valence-corrected chi connectivity index (χ0v) is 10.0. The predicted molar refractivity (Wildman–Crippen MR) is 67.0 cm³/mol. The fourth-order valence-corrected chi connectivity index (χ4v) is 2.57. The van der Waals surface area contributed by atoms with Crippen LogP contribution in [0.2, 0.25) is 0 Å². The molecule has 1 aliphatic carbocycles. The summed E-state index contributed by atoms with van der Waals surface area (Å²) < 4.78 is 0. The molecule has 1 aromatic heterocycles. The first-order chi connectivity index (χ1) is 7.81. The van der Waals surface area contributed by atoms with E-state index in [4.69, 9.17) is 5.73 Å². The minimum Gasteiger partial charge on any atom is -0.383 e. The van der Waals surface area contributed by atoms with E-state index in [1.165, 1.54) is 25.7 Å². The highest BCUT2D eigenvalue weighted by molar-refractivity contribution is 5.38. The number of rotatable bonds is 4. The van der Waals surface area contributed by atoms with Crippen LogP contribution < -0.4 is 5.73 Å². The summed E-state index contributed by atoms with van der Waals surface area (Å²) in [5.74, 6) is 0.680. The van der Waals surface area contributed by atoms with Crippen molar-refractivity contribution in [3.8, 4) is 0 Å². The highest BCUT2D eigenvalue weighted by atomic mass is 15.2. The molecule has 1 heterocycles. The first-order valence-electron chi connectivity index (χ1n) is 6.24. The van der Waals surface area contributed by atoms with Crippen LogP contribution in [-0.2, 0) is 6.54 Å². The summed E-state index contributed by atoms with van der Waals surface area (Å²) in [5, 5.41) is 0. The largest absolute Gasteiger partial charge is 0.383 e. The Hall–Kier alpha value is -1.09. The molecule has 0 unspecified atom stereocenters. The molecule has 2 N–H and O–H groups in total. The van der Waals surface area contributed by atoms with E-state index in [2.05, 4.69) is 22.9 Å². The summed E-state index contributed by atoms with van der Waals surface area (Å²) in [5.41, 5.74) is 7.05. The Morgan fingerprint density at radius 1 is 1.44 bits per heavy atom. The van der Waals surface area contributed by atoms with Gasteiger partial charge in [-0.15, -0.1) is 0 Å². The quantitative estimate of drug-likeness (QED) is 0.845. The SMILES string of the molecule is CCN(Cc1cccnc1N)C1CCCC1. The van der Waals surface area contributed by atoms with E-state index in [9.17, 15) is 0 Å². The zero-order chi connectivity index (χ0) is 11.4. The van der Waals surface area contributed by atoms with E-state index in [0.717, 1.165) is 24.7 Å². The third kappa shape index (κ3) is 2.53. The van der Waals surface area contributed by atoms with Gasteiger partial charge in [-0.2, -0.15) is 0 Å². The average molecular weight is 219 g/mol. The molecule has 0 aliphatic heterocycles. The van der Waals surface area contributed by atoms with Crippen LogP contribution in [0.15, 0.2) is 18.3 Å². The molecule has 3 nitrogen and oxygen atoms in total. The number of pyridine rings is 1. The lowest BCUT2D eigenvalue weighted by Crippen LogP contribution is -2.32. The van der Waals surface area contributed by atoms with Crippen LogP contribution in [0.5, 0.6) is 0 Å².